The maximum Gasteiger partial charge on any atom is 0.433 e. The maximum absolute atomic E-state index is 14.5. The quantitative estimate of drug-likeness (QED) is 0.177. The summed E-state index contributed by atoms with van der Waals surface area (Å²) in [6.45, 7) is 5.10. The molecule has 1 aliphatic carbocycles. The molecule has 2 N–H and O–H groups in total. The molecule has 5 rings (SSSR count). The van der Waals surface area contributed by atoms with Crippen molar-refractivity contribution in [1.29, 1.82) is 0 Å². The molecule has 10 nitrogen and oxygen atoms in total. The van der Waals surface area contributed by atoms with Crippen LogP contribution < -0.4 is 10.6 Å². The molecule has 0 spiro atoms. The molecule has 4 aromatic rings. The van der Waals surface area contributed by atoms with E-state index in [1.807, 2.05) is 0 Å². The molecule has 43 heavy (non-hydrogen) atoms. The molecule has 1 atom stereocenters. The Labute approximate surface area is 241 Å². The highest BCUT2D eigenvalue weighted by Crippen LogP contribution is 2.35. The number of aromatic nitrogens is 4. The number of hydrogen-bond acceptors (Lipinski definition) is 7. The van der Waals surface area contributed by atoms with Gasteiger partial charge in [-0.05, 0) is 60.2 Å². The van der Waals surface area contributed by atoms with E-state index in [2.05, 4.69) is 32.3 Å². The Morgan fingerprint density at radius 2 is 1.98 bits per heavy atom. The molecule has 1 unspecified atom stereocenters. The van der Waals surface area contributed by atoms with E-state index in [-0.39, 0.29) is 35.8 Å². The SMILES string of the molecule is C=CCOC(=O)c1ccc2c(c1C)CCC2NC(=O)c1cc(C(=O)NCc2ccnc(C(F)(F)F)c2)nc2c(F)cnn12. The summed E-state index contributed by atoms with van der Waals surface area (Å²) in [7, 11) is 0. The number of esters is 1. The lowest BCUT2D eigenvalue weighted by Gasteiger charge is -2.16. The zero-order valence-electron chi connectivity index (χ0n) is 22.7. The van der Waals surface area contributed by atoms with Crippen molar-refractivity contribution < 1.29 is 36.7 Å². The second-order valence-electron chi connectivity index (χ2n) is 9.74. The number of carbonyl (C=O) groups is 3. The number of fused-ring (bicyclic) bond motifs is 2. The van der Waals surface area contributed by atoms with Crippen molar-refractivity contribution in [2.45, 2.75) is 38.5 Å². The first kappa shape index (κ1) is 29.4. The molecule has 0 fully saturated rings. The van der Waals surface area contributed by atoms with Gasteiger partial charge in [0.2, 0.25) is 0 Å². The van der Waals surface area contributed by atoms with Gasteiger partial charge < -0.3 is 15.4 Å². The van der Waals surface area contributed by atoms with Crippen LogP contribution in [-0.4, -0.2) is 44.0 Å². The fourth-order valence-electron chi connectivity index (χ4n) is 4.92. The van der Waals surface area contributed by atoms with Crippen molar-refractivity contribution >= 4 is 23.4 Å². The first-order valence-corrected chi connectivity index (χ1v) is 13.0. The van der Waals surface area contributed by atoms with E-state index in [1.165, 1.54) is 12.1 Å². The van der Waals surface area contributed by atoms with Gasteiger partial charge in [0.05, 0.1) is 17.8 Å². The Bertz CT molecular complexity index is 1770. The lowest BCUT2D eigenvalue weighted by atomic mass is 9.98. The molecule has 222 valence electrons. The highest BCUT2D eigenvalue weighted by molar-refractivity contribution is 5.98. The van der Waals surface area contributed by atoms with E-state index in [9.17, 15) is 31.9 Å². The van der Waals surface area contributed by atoms with Crippen molar-refractivity contribution in [2.75, 3.05) is 6.61 Å². The number of hydrogen-bond donors (Lipinski definition) is 2. The van der Waals surface area contributed by atoms with E-state index in [4.69, 9.17) is 4.74 Å². The fraction of sp³-hybridized carbons (Fsp3) is 0.241. The van der Waals surface area contributed by atoms with Crippen molar-refractivity contribution in [1.82, 2.24) is 30.2 Å². The van der Waals surface area contributed by atoms with Gasteiger partial charge >= 0.3 is 12.1 Å². The Morgan fingerprint density at radius 3 is 2.72 bits per heavy atom. The normalized spacial score (nSPS) is 14.3. The number of halogens is 4. The Balaban J connectivity index is 1.37. The fourth-order valence-corrected chi connectivity index (χ4v) is 4.92. The predicted octanol–water partition coefficient (Wildman–Crippen LogP) is 4.28. The van der Waals surface area contributed by atoms with E-state index in [0.29, 0.717) is 18.4 Å². The van der Waals surface area contributed by atoms with Gasteiger partial charge in [-0.25, -0.2) is 18.7 Å². The molecule has 1 aliphatic rings. The van der Waals surface area contributed by atoms with Gasteiger partial charge in [0, 0.05) is 18.8 Å². The minimum absolute atomic E-state index is 0.0746. The van der Waals surface area contributed by atoms with Gasteiger partial charge in [-0.3, -0.25) is 14.6 Å². The zero-order chi connectivity index (χ0) is 30.9. The number of amides is 2. The van der Waals surface area contributed by atoms with Crippen LogP contribution in [0.3, 0.4) is 0 Å². The highest BCUT2D eigenvalue weighted by Gasteiger charge is 2.33. The smallest absolute Gasteiger partial charge is 0.433 e. The molecule has 3 aromatic heterocycles. The molecule has 0 aliphatic heterocycles. The molecule has 3 heterocycles. The zero-order valence-corrected chi connectivity index (χ0v) is 22.7. The number of alkyl halides is 3. The summed E-state index contributed by atoms with van der Waals surface area (Å²) < 4.78 is 59.6. The number of ether oxygens (including phenoxy) is 1. The van der Waals surface area contributed by atoms with E-state index in [0.717, 1.165) is 45.7 Å². The highest BCUT2D eigenvalue weighted by atomic mass is 19.4. The number of nitrogens with zero attached hydrogens (tertiary/aromatic N) is 4. The number of carbonyl (C=O) groups excluding carboxylic acids is 3. The molecule has 1 aromatic carbocycles. The Kier molecular flexibility index (Phi) is 7.93. The second kappa shape index (κ2) is 11.6. The Hall–Kier alpha value is -5.14. The third-order valence-corrected chi connectivity index (χ3v) is 7.01. The predicted molar refractivity (Wildman–Crippen MR) is 144 cm³/mol. The van der Waals surface area contributed by atoms with Gasteiger partial charge in [-0.1, -0.05) is 18.7 Å². The van der Waals surface area contributed by atoms with Crippen LogP contribution >= 0.6 is 0 Å². The molecule has 0 saturated heterocycles. The molecule has 0 bridgehead atoms. The largest absolute Gasteiger partial charge is 0.458 e. The monoisotopic (exact) mass is 596 g/mol. The van der Waals surface area contributed by atoms with Crippen molar-refractivity contribution in [3.8, 4) is 0 Å². The summed E-state index contributed by atoms with van der Waals surface area (Å²) in [6, 6.07) is 6.13. The van der Waals surface area contributed by atoms with Crippen molar-refractivity contribution in [3.63, 3.8) is 0 Å². The third kappa shape index (κ3) is 5.94. The summed E-state index contributed by atoms with van der Waals surface area (Å²) in [5.41, 5.74) is 0.941. The van der Waals surface area contributed by atoms with Crippen LogP contribution in [0.5, 0.6) is 0 Å². The molecule has 2 amide bonds. The summed E-state index contributed by atoms with van der Waals surface area (Å²) in [5.74, 6) is -2.88. The maximum atomic E-state index is 14.5. The van der Waals surface area contributed by atoms with Gasteiger partial charge in [0.25, 0.3) is 11.8 Å². The van der Waals surface area contributed by atoms with Gasteiger partial charge in [-0.15, -0.1) is 0 Å². The summed E-state index contributed by atoms with van der Waals surface area (Å²) in [6.07, 6.45) is -0.277. The van der Waals surface area contributed by atoms with Crippen molar-refractivity contribution in [2.24, 2.45) is 0 Å². The minimum Gasteiger partial charge on any atom is -0.458 e. The number of benzene rings is 1. The number of pyridine rings is 1. The van der Waals surface area contributed by atoms with Crippen LogP contribution in [0, 0.1) is 12.7 Å². The molecule has 0 radical (unpaired) electrons. The van der Waals surface area contributed by atoms with Crippen LogP contribution in [0.4, 0.5) is 17.6 Å². The molecular formula is C29H24F4N6O4. The number of nitrogens with one attached hydrogen (secondary N) is 2. The number of rotatable bonds is 8. The van der Waals surface area contributed by atoms with Crippen LogP contribution in [0.1, 0.15) is 71.7 Å². The van der Waals surface area contributed by atoms with E-state index < -0.39 is 41.5 Å². The van der Waals surface area contributed by atoms with Crippen LogP contribution in [0.15, 0.2) is 55.4 Å². The third-order valence-electron chi connectivity index (χ3n) is 7.01. The van der Waals surface area contributed by atoms with Gasteiger partial charge in [-0.2, -0.15) is 18.3 Å². The average Bonchev–Trinajstić information content (AvgIpc) is 3.57. The Morgan fingerprint density at radius 1 is 1.19 bits per heavy atom. The van der Waals surface area contributed by atoms with Crippen LogP contribution in [0.2, 0.25) is 0 Å². The first-order valence-electron chi connectivity index (χ1n) is 13.0. The summed E-state index contributed by atoms with van der Waals surface area (Å²) >= 11 is 0. The molecule has 0 saturated carbocycles. The van der Waals surface area contributed by atoms with E-state index >= 15 is 0 Å². The second-order valence-corrected chi connectivity index (χ2v) is 9.74. The minimum atomic E-state index is -4.66. The van der Waals surface area contributed by atoms with Gasteiger partial charge in [0.15, 0.2) is 11.5 Å². The van der Waals surface area contributed by atoms with Gasteiger partial charge in [0.1, 0.15) is 23.7 Å². The molecular weight excluding hydrogens is 572 g/mol. The van der Waals surface area contributed by atoms with E-state index in [1.54, 1.807) is 19.1 Å². The average molecular weight is 597 g/mol. The topological polar surface area (TPSA) is 128 Å². The van der Waals surface area contributed by atoms with Crippen LogP contribution in [-0.2, 0) is 23.9 Å². The van der Waals surface area contributed by atoms with Crippen molar-refractivity contribution in [3.05, 3.63) is 106 Å². The lowest BCUT2D eigenvalue weighted by molar-refractivity contribution is -0.141. The molecule has 14 heteroatoms. The lowest BCUT2D eigenvalue weighted by Crippen LogP contribution is -2.31. The summed E-state index contributed by atoms with van der Waals surface area (Å²) in [4.78, 5) is 46.0. The standard InChI is InChI=1S/C29H24F4N6O4/c1-3-10-43-28(42)18-4-5-19-17(15(18)2)6-7-21(19)38-27(41)23-12-22(37-25-20(30)14-36-39(23)25)26(40)35-13-16-8-9-34-24(11-16)29(31,32)33/h3-5,8-9,11-12,14,21H,1,6-7,10,13H2,2H3,(H,35,40)(H,38,41). The summed E-state index contributed by atoms with van der Waals surface area (Å²) in [5, 5.41) is 9.18. The van der Waals surface area contributed by atoms with Crippen LogP contribution in [0.25, 0.3) is 5.65 Å². The first-order chi connectivity index (χ1) is 20.5.